The highest BCUT2D eigenvalue weighted by Gasteiger charge is 2.38. The molecule has 0 aromatic rings. The minimum absolute atomic E-state index is 0. The smallest absolute Gasteiger partial charge is 0.310 e. The van der Waals surface area contributed by atoms with Gasteiger partial charge in [-0.15, -0.1) is 12.4 Å². The van der Waals surface area contributed by atoms with Crippen LogP contribution in [0.1, 0.15) is 32.1 Å². The summed E-state index contributed by atoms with van der Waals surface area (Å²) >= 11 is 0. The Bertz CT molecular complexity index is 314. The molecule has 6 aliphatic heterocycles. The van der Waals surface area contributed by atoms with Gasteiger partial charge in [0.2, 0.25) is 0 Å². The van der Waals surface area contributed by atoms with Crippen LogP contribution in [0, 0.1) is 17.8 Å². The molecule has 6 fully saturated rings. The molecular weight excluding hydrogens is 288 g/mol. The fraction of sp³-hybridized carbons (Fsp3) is 0.938. The van der Waals surface area contributed by atoms with Crippen LogP contribution in [0.4, 0.5) is 0 Å². The summed E-state index contributed by atoms with van der Waals surface area (Å²) in [7, 11) is 1.49. The zero-order valence-corrected chi connectivity index (χ0v) is 13.9. The van der Waals surface area contributed by atoms with Crippen LogP contribution in [-0.4, -0.2) is 62.1 Å². The Balaban J connectivity index is 0.000000157. The molecular formula is C16H29ClN2O2. The summed E-state index contributed by atoms with van der Waals surface area (Å²) in [6, 6.07) is 0. The van der Waals surface area contributed by atoms with Crippen LogP contribution in [-0.2, 0) is 9.53 Å². The summed E-state index contributed by atoms with van der Waals surface area (Å²) in [4.78, 5) is 16.3. The van der Waals surface area contributed by atoms with Crippen LogP contribution in [0.25, 0.3) is 0 Å². The van der Waals surface area contributed by atoms with Gasteiger partial charge in [-0.3, -0.25) is 4.79 Å². The molecule has 6 rings (SSSR count). The summed E-state index contributed by atoms with van der Waals surface area (Å²) < 4.78 is 4.78. The van der Waals surface area contributed by atoms with Gasteiger partial charge in [0, 0.05) is 6.54 Å². The molecule has 0 aliphatic carbocycles. The predicted octanol–water partition coefficient (Wildman–Crippen LogP) is 2.03. The van der Waals surface area contributed by atoms with Gasteiger partial charge in [0.15, 0.2) is 0 Å². The number of hydrogen-bond donors (Lipinski definition) is 0. The standard InChI is InChI=1S/C9H15NO2.C7H13N.ClH/c1-12-9(11)8-6-10-4-2-7(8)3-5-10;1-4-8-5-2-7(1)3-6-8;/h7-8H,2-6H2,1H3;7H,1-6H2;1H. The first kappa shape index (κ1) is 17.0. The lowest BCUT2D eigenvalue weighted by atomic mass is 9.79. The molecule has 21 heavy (non-hydrogen) atoms. The first-order chi connectivity index (χ1) is 9.76. The predicted molar refractivity (Wildman–Crippen MR) is 85.7 cm³/mol. The van der Waals surface area contributed by atoms with E-state index in [1.165, 1.54) is 71.9 Å². The van der Waals surface area contributed by atoms with E-state index in [0.29, 0.717) is 5.92 Å². The molecule has 0 saturated carbocycles. The molecule has 6 heterocycles. The lowest BCUT2D eigenvalue weighted by Crippen LogP contribution is -2.50. The third-order valence-corrected chi connectivity index (χ3v) is 5.72. The minimum Gasteiger partial charge on any atom is -0.469 e. The summed E-state index contributed by atoms with van der Waals surface area (Å²) in [5, 5.41) is 0. The molecule has 0 aromatic heterocycles. The molecule has 1 unspecified atom stereocenters. The molecule has 0 N–H and O–H groups in total. The zero-order chi connectivity index (χ0) is 13.9. The van der Waals surface area contributed by atoms with Crippen molar-refractivity contribution in [2.24, 2.45) is 17.8 Å². The van der Waals surface area contributed by atoms with Crippen LogP contribution in [0.5, 0.6) is 0 Å². The van der Waals surface area contributed by atoms with E-state index in [2.05, 4.69) is 9.80 Å². The van der Waals surface area contributed by atoms with Crippen molar-refractivity contribution in [2.45, 2.75) is 32.1 Å². The van der Waals surface area contributed by atoms with Crippen molar-refractivity contribution in [3.05, 3.63) is 0 Å². The quantitative estimate of drug-likeness (QED) is 0.693. The molecule has 4 bridgehead atoms. The van der Waals surface area contributed by atoms with Gasteiger partial charge < -0.3 is 14.5 Å². The van der Waals surface area contributed by atoms with Crippen LogP contribution >= 0.6 is 12.4 Å². The first-order valence-electron chi connectivity index (χ1n) is 8.29. The second-order valence-electron chi connectivity index (χ2n) is 6.84. The van der Waals surface area contributed by atoms with E-state index in [1.54, 1.807) is 0 Å². The van der Waals surface area contributed by atoms with Gasteiger partial charge in [0.05, 0.1) is 13.0 Å². The highest BCUT2D eigenvalue weighted by molar-refractivity contribution is 5.85. The highest BCUT2D eigenvalue weighted by Crippen LogP contribution is 2.32. The summed E-state index contributed by atoms with van der Waals surface area (Å²) in [5.41, 5.74) is 0. The van der Waals surface area contributed by atoms with Crippen molar-refractivity contribution in [3.63, 3.8) is 0 Å². The fourth-order valence-electron chi connectivity index (χ4n) is 4.25. The van der Waals surface area contributed by atoms with Crippen LogP contribution in [0.3, 0.4) is 0 Å². The van der Waals surface area contributed by atoms with Gasteiger partial charge in [0.25, 0.3) is 0 Å². The van der Waals surface area contributed by atoms with Crippen molar-refractivity contribution in [2.75, 3.05) is 46.4 Å². The first-order valence-corrected chi connectivity index (χ1v) is 8.29. The van der Waals surface area contributed by atoms with Gasteiger partial charge in [0.1, 0.15) is 0 Å². The van der Waals surface area contributed by atoms with E-state index in [4.69, 9.17) is 4.74 Å². The molecule has 0 radical (unpaired) electrons. The Morgan fingerprint density at radius 1 is 0.905 bits per heavy atom. The van der Waals surface area contributed by atoms with E-state index in [0.717, 1.165) is 12.5 Å². The van der Waals surface area contributed by atoms with Crippen molar-refractivity contribution < 1.29 is 9.53 Å². The zero-order valence-electron chi connectivity index (χ0n) is 13.1. The normalized spacial score (nSPS) is 39.8. The molecule has 0 aromatic carbocycles. The van der Waals surface area contributed by atoms with Crippen LogP contribution in [0.15, 0.2) is 0 Å². The Morgan fingerprint density at radius 3 is 1.71 bits per heavy atom. The van der Waals surface area contributed by atoms with E-state index in [9.17, 15) is 4.79 Å². The second kappa shape index (κ2) is 7.80. The summed E-state index contributed by atoms with van der Waals surface area (Å²) in [6.07, 6.45) is 6.82. The lowest BCUT2D eigenvalue weighted by Gasteiger charge is -2.43. The van der Waals surface area contributed by atoms with Crippen molar-refractivity contribution in [3.8, 4) is 0 Å². The number of ether oxygens (including phenoxy) is 1. The Labute approximate surface area is 134 Å². The van der Waals surface area contributed by atoms with E-state index < -0.39 is 0 Å². The number of hydrogen-bond acceptors (Lipinski definition) is 4. The number of carbonyl (C=O) groups excluding carboxylic acids is 1. The molecule has 4 nitrogen and oxygen atoms in total. The number of rotatable bonds is 1. The Kier molecular flexibility index (Phi) is 6.33. The number of carbonyl (C=O) groups is 1. The fourth-order valence-corrected chi connectivity index (χ4v) is 4.25. The Morgan fingerprint density at radius 2 is 1.43 bits per heavy atom. The Hall–Kier alpha value is -0.320. The third kappa shape index (κ3) is 4.11. The van der Waals surface area contributed by atoms with E-state index in [-0.39, 0.29) is 24.3 Å². The van der Waals surface area contributed by atoms with Gasteiger partial charge in [-0.25, -0.2) is 0 Å². The number of esters is 1. The molecule has 6 saturated heterocycles. The average molecular weight is 317 g/mol. The number of nitrogens with zero attached hydrogens (tertiary/aromatic N) is 2. The summed E-state index contributed by atoms with van der Waals surface area (Å²) in [6.45, 7) is 7.47. The monoisotopic (exact) mass is 316 g/mol. The number of methoxy groups -OCH3 is 1. The van der Waals surface area contributed by atoms with Crippen LogP contribution in [0.2, 0.25) is 0 Å². The average Bonchev–Trinajstić information content (AvgIpc) is 2.57. The SMILES string of the molecule is C1CN2CCC1CC2.COC(=O)C1CN2CCC1CC2.Cl. The largest absolute Gasteiger partial charge is 0.469 e. The molecule has 122 valence electrons. The van der Waals surface area contributed by atoms with Crippen molar-refractivity contribution in [1.82, 2.24) is 9.80 Å². The topological polar surface area (TPSA) is 32.8 Å². The molecule has 5 heteroatoms. The molecule has 6 aliphatic rings. The van der Waals surface area contributed by atoms with Crippen molar-refractivity contribution >= 4 is 18.4 Å². The second-order valence-corrected chi connectivity index (χ2v) is 6.84. The molecule has 1 atom stereocenters. The van der Waals surface area contributed by atoms with E-state index in [1.807, 2.05) is 0 Å². The van der Waals surface area contributed by atoms with Gasteiger partial charge in [-0.2, -0.15) is 0 Å². The number of piperidine rings is 6. The van der Waals surface area contributed by atoms with Gasteiger partial charge in [-0.05, 0) is 76.7 Å². The van der Waals surface area contributed by atoms with E-state index >= 15 is 0 Å². The highest BCUT2D eigenvalue weighted by atomic mass is 35.5. The number of fused-ring (bicyclic) bond motifs is 6. The van der Waals surface area contributed by atoms with Gasteiger partial charge >= 0.3 is 5.97 Å². The van der Waals surface area contributed by atoms with Crippen LogP contribution < -0.4 is 0 Å². The lowest BCUT2D eigenvalue weighted by molar-refractivity contribution is -0.152. The minimum atomic E-state index is -0.00981. The third-order valence-electron chi connectivity index (χ3n) is 5.72. The summed E-state index contributed by atoms with van der Waals surface area (Å²) in [5.74, 6) is 1.87. The maximum Gasteiger partial charge on any atom is 0.310 e. The van der Waals surface area contributed by atoms with Crippen molar-refractivity contribution in [1.29, 1.82) is 0 Å². The number of halogens is 1. The maximum atomic E-state index is 11.3. The molecule has 0 amide bonds. The molecule has 0 spiro atoms. The van der Waals surface area contributed by atoms with Gasteiger partial charge in [-0.1, -0.05) is 0 Å². The maximum absolute atomic E-state index is 11.3.